The molecule has 0 aliphatic carbocycles. The Morgan fingerprint density at radius 2 is 2.05 bits per heavy atom. The van der Waals surface area contributed by atoms with Crippen LogP contribution in [0.25, 0.3) is 11.3 Å². The van der Waals surface area contributed by atoms with Crippen LogP contribution >= 0.6 is 0 Å². The molecular weight excluding hydrogens is 300 g/mol. The highest BCUT2D eigenvalue weighted by Crippen LogP contribution is 2.14. The number of unbranched alkanes of at least 4 members (excludes halogenated alkanes) is 1. The largest absolute Gasteiger partial charge is 0.251 e. The van der Waals surface area contributed by atoms with Gasteiger partial charge in [-0.1, -0.05) is 41.6 Å². The van der Waals surface area contributed by atoms with E-state index in [-0.39, 0.29) is 5.75 Å². The number of sulfonamides is 1. The molecule has 7 heteroatoms. The average molecular weight is 320 g/mol. The number of hydrogen-bond donors (Lipinski definition) is 1. The fourth-order valence-corrected chi connectivity index (χ4v) is 3.05. The molecule has 2 rings (SSSR count). The van der Waals surface area contributed by atoms with E-state index in [4.69, 9.17) is 0 Å². The summed E-state index contributed by atoms with van der Waals surface area (Å²) in [4.78, 5) is 0. The predicted octanol–water partition coefficient (Wildman–Crippen LogP) is 1.83. The zero-order valence-electron chi connectivity index (χ0n) is 12.4. The van der Waals surface area contributed by atoms with Crippen molar-refractivity contribution in [3.63, 3.8) is 0 Å². The third-order valence-electron chi connectivity index (χ3n) is 3.09. The predicted molar refractivity (Wildman–Crippen MR) is 86.7 cm³/mol. The maximum Gasteiger partial charge on any atom is 0.211 e. The molecule has 0 fully saturated rings. The minimum atomic E-state index is -3.23. The SMILES string of the molecule is C=CCCCS(=O)(=O)NCCn1cc(-c2ccccc2)nn1. The zero-order chi connectivity index (χ0) is 15.8. The van der Waals surface area contributed by atoms with E-state index in [1.807, 2.05) is 30.3 Å². The summed E-state index contributed by atoms with van der Waals surface area (Å²) in [5.74, 6) is 0.117. The lowest BCUT2D eigenvalue weighted by Crippen LogP contribution is -2.29. The first-order valence-corrected chi connectivity index (χ1v) is 8.80. The highest BCUT2D eigenvalue weighted by atomic mass is 32.2. The van der Waals surface area contributed by atoms with Crippen molar-refractivity contribution in [2.45, 2.75) is 19.4 Å². The second-order valence-electron chi connectivity index (χ2n) is 4.88. The number of benzene rings is 1. The van der Waals surface area contributed by atoms with Crippen molar-refractivity contribution in [3.8, 4) is 11.3 Å². The number of hydrogen-bond acceptors (Lipinski definition) is 4. The summed E-state index contributed by atoms with van der Waals surface area (Å²) < 4.78 is 27.7. The Morgan fingerprint density at radius 1 is 1.27 bits per heavy atom. The molecule has 22 heavy (non-hydrogen) atoms. The van der Waals surface area contributed by atoms with Crippen molar-refractivity contribution in [2.24, 2.45) is 0 Å². The number of rotatable bonds is 9. The minimum Gasteiger partial charge on any atom is -0.251 e. The Hall–Kier alpha value is -1.99. The van der Waals surface area contributed by atoms with E-state index in [0.29, 0.717) is 25.9 Å². The molecule has 118 valence electrons. The summed E-state index contributed by atoms with van der Waals surface area (Å²) in [7, 11) is -3.23. The molecule has 0 saturated carbocycles. The molecule has 0 atom stereocenters. The van der Waals surface area contributed by atoms with E-state index in [1.165, 1.54) is 0 Å². The average Bonchev–Trinajstić information content (AvgIpc) is 2.97. The molecule has 0 aliphatic heterocycles. The van der Waals surface area contributed by atoms with Crippen molar-refractivity contribution in [1.29, 1.82) is 0 Å². The summed E-state index contributed by atoms with van der Waals surface area (Å²) in [5.41, 5.74) is 1.76. The third-order valence-corrected chi connectivity index (χ3v) is 4.56. The topological polar surface area (TPSA) is 76.9 Å². The number of nitrogens with one attached hydrogen (secondary N) is 1. The highest BCUT2D eigenvalue weighted by Gasteiger charge is 2.09. The van der Waals surface area contributed by atoms with Crippen LogP contribution in [-0.4, -0.2) is 35.7 Å². The molecule has 1 aromatic heterocycles. The van der Waals surface area contributed by atoms with Crippen LogP contribution < -0.4 is 4.72 Å². The number of aromatic nitrogens is 3. The maximum atomic E-state index is 11.7. The maximum absolute atomic E-state index is 11.7. The van der Waals surface area contributed by atoms with Crippen LogP contribution in [0.2, 0.25) is 0 Å². The van der Waals surface area contributed by atoms with Crippen molar-refractivity contribution in [2.75, 3.05) is 12.3 Å². The molecule has 0 amide bonds. The van der Waals surface area contributed by atoms with Gasteiger partial charge in [0.15, 0.2) is 0 Å². The summed E-state index contributed by atoms with van der Waals surface area (Å²) in [6.45, 7) is 4.32. The lowest BCUT2D eigenvalue weighted by atomic mass is 10.2. The first-order chi connectivity index (χ1) is 10.6. The summed E-state index contributed by atoms with van der Waals surface area (Å²) >= 11 is 0. The monoisotopic (exact) mass is 320 g/mol. The fourth-order valence-electron chi connectivity index (χ4n) is 1.95. The van der Waals surface area contributed by atoms with Gasteiger partial charge in [-0.25, -0.2) is 13.1 Å². The van der Waals surface area contributed by atoms with Gasteiger partial charge in [0, 0.05) is 12.1 Å². The zero-order valence-corrected chi connectivity index (χ0v) is 13.2. The van der Waals surface area contributed by atoms with E-state index in [1.54, 1.807) is 17.0 Å². The van der Waals surface area contributed by atoms with Crippen LogP contribution in [0, 0.1) is 0 Å². The van der Waals surface area contributed by atoms with Crippen molar-refractivity contribution in [3.05, 3.63) is 49.2 Å². The van der Waals surface area contributed by atoms with Crippen LogP contribution in [0.4, 0.5) is 0 Å². The second kappa shape index (κ2) is 7.86. The molecule has 6 nitrogen and oxygen atoms in total. The van der Waals surface area contributed by atoms with Crippen LogP contribution in [0.5, 0.6) is 0 Å². The highest BCUT2D eigenvalue weighted by molar-refractivity contribution is 7.89. The lowest BCUT2D eigenvalue weighted by molar-refractivity contribution is 0.551. The van der Waals surface area contributed by atoms with Gasteiger partial charge in [0.05, 0.1) is 18.5 Å². The molecule has 0 radical (unpaired) electrons. The van der Waals surface area contributed by atoms with Gasteiger partial charge in [-0.05, 0) is 12.8 Å². The van der Waals surface area contributed by atoms with Gasteiger partial charge in [0.1, 0.15) is 5.69 Å². The van der Waals surface area contributed by atoms with E-state index in [0.717, 1.165) is 11.3 Å². The smallest absolute Gasteiger partial charge is 0.211 e. The fraction of sp³-hybridized carbons (Fsp3) is 0.333. The van der Waals surface area contributed by atoms with Gasteiger partial charge in [-0.3, -0.25) is 4.68 Å². The molecule has 0 aliphatic rings. The molecule has 1 aromatic carbocycles. The Balaban J connectivity index is 1.83. The lowest BCUT2D eigenvalue weighted by Gasteiger charge is -2.05. The normalized spacial score (nSPS) is 11.5. The first-order valence-electron chi connectivity index (χ1n) is 7.14. The van der Waals surface area contributed by atoms with Crippen LogP contribution in [0.1, 0.15) is 12.8 Å². The van der Waals surface area contributed by atoms with Gasteiger partial charge in [0.25, 0.3) is 0 Å². The number of nitrogens with zero attached hydrogens (tertiary/aromatic N) is 3. The number of allylic oxidation sites excluding steroid dienone is 1. The quantitative estimate of drug-likeness (QED) is 0.565. The molecular formula is C15H20N4O2S. The summed E-state index contributed by atoms with van der Waals surface area (Å²) in [6, 6.07) is 9.72. The third kappa shape index (κ3) is 5.09. The van der Waals surface area contributed by atoms with E-state index in [9.17, 15) is 8.42 Å². The Labute approximate surface area is 130 Å². The molecule has 0 spiro atoms. The summed E-state index contributed by atoms with van der Waals surface area (Å²) in [6.07, 6.45) is 4.81. The minimum absolute atomic E-state index is 0.117. The van der Waals surface area contributed by atoms with Gasteiger partial charge >= 0.3 is 0 Å². The Bertz CT molecular complexity index is 695. The molecule has 0 saturated heterocycles. The molecule has 0 bridgehead atoms. The standard InChI is InChI=1S/C15H20N4O2S/c1-2-3-7-12-22(20,21)16-10-11-19-13-15(17-18-19)14-8-5-4-6-9-14/h2,4-6,8-9,13,16H,1,3,7,10-12H2. The van der Waals surface area contributed by atoms with Gasteiger partial charge in [0.2, 0.25) is 10.0 Å². The molecule has 1 heterocycles. The van der Waals surface area contributed by atoms with Crippen molar-refractivity contribution < 1.29 is 8.42 Å². The molecule has 0 unspecified atom stereocenters. The Morgan fingerprint density at radius 3 is 2.77 bits per heavy atom. The van der Waals surface area contributed by atoms with Crippen molar-refractivity contribution >= 4 is 10.0 Å². The van der Waals surface area contributed by atoms with Crippen molar-refractivity contribution in [1.82, 2.24) is 19.7 Å². The van der Waals surface area contributed by atoms with Gasteiger partial charge < -0.3 is 0 Å². The van der Waals surface area contributed by atoms with Crippen LogP contribution in [0.15, 0.2) is 49.2 Å². The first kappa shape index (κ1) is 16.4. The second-order valence-corrected chi connectivity index (χ2v) is 6.80. The Kier molecular flexibility index (Phi) is 5.85. The molecule has 2 aromatic rings. The van der Waals surface area contributed by atoms with Gasteiger partial charge in [-0.15, -0.1) is 11.7 Å². The molecule has 1 N–H and O–H groups in total. The van der Waals surface area contributed by atoms with Gasteiger partial charge in [-0.2, -0.15) is 0 Å². The van der Waals surface area contributed by atoms with E-state index >= 15 is 0 Å². The van der Waals surface area contributed by atoms with E-state index in [2.05, 4.69) is 21.6 Å². The van der Waals surface area contributed by atoms with Crippen LogP contribution in [-0.2, 0) is 16.6 Å². The van der Waals surface area contributed by atoms with E-state index < -0.39 is 10.0 Å². The van der Waals surface area contributed by atoms with Crippen LogP contribution in [0.3, 0.4) is 0 Å². The summed E-state index contributed by atoms with van der Waals surface area (Å²) in [5, 5.41) is 8.09.